The number of aliphatic hydroxyl groups is 1. The fourth-order valence-corrected chi connectivity index (χ4v) is 1.64. The molecule has 0 bridgehead atoms. The molecule has 1 amide bonds. The van der Waals surface area contributed by atoms with Crippen molar-refractivity contribution in [2.75, 3.05) is 19.8 Å². The third kappa shape index (κ3) is 5.80. The summed E-state index contributed by atoms with van der Waals surface area (Å²) in [7, 11) is 0. The summed E-state index contributed by atoms with van der Waals surface area (Å²) in [5.74, 6) is -0.182. The normalized spacial score (nSPS) is 12.1. The van der Waals surface area contributed by atoms with E-state index in [2.05, 4.69) is 5.32 Å². The third-order valence-corrected chi connectivity index (χ3v) is 2.49. The first-order valence-corrected chi connectivity index (χ1v) is 6.28. The van der Waals surface area contributed by atoms with Crippen molar-refractivity contribution in [1.82, 2.24) is 5.32 Å². The largest absolute Gasteiger partial charge is 0.394 e. The Morgan fingerprint density at radius 2 is 2.11 bits per heavy atom. The number of hydrogen-bond acceptors (Lipinski definition) is 3. The Balaban J connectivity index is 2.35. The molecule has 1 aromatic rings. The van der Waals surface area contributed by atoms with Crippen LogP contribution in [0.2, 0.25) is 0 Å². The second-order valence-electron chi connectivity index (χ2n) is 4.19. The fourth-order valence-electron chi connectivity index (χ4n) is 1.64. The Hall–Kier alpha value is -1.39. The summed E-state index contributed by atoms with van der Waals surface area (Å²) >= 11 is 0. The van der Waals surface area contributed by atoms with Crippen molar-refractivity contribution in [3.63, 3.8) is 0 Å². The van der Waals surface area contributed by atoms with Gasteiger partial charge in [-0.2, -0.15) is 0 Å². The number of carbonyl (C=O) groups is 1. The van der Waals surface area contributed by atoms with Gasteiger partial charge in [-0.15, -0.1) is 0 Å². The van der Waals surface area contributed by atoms with Crippen LogP contribution in [-0.4, -0.2) is 36.9 Å². The molecule has 0 heterocycles. The van der Waals surface area contributed by atoms with Crippen LogP contribution in [-0.2, 0) is 16.0 Å². The topological polar surface area (TPSA) is 58.6 Å². The van der Waals surface area contributed by atoms with Gasteiger partial charge in [-0.3, -0.25) is 4.79 Å². The molecular weight excluding hydrogens is 230 g/mol. The number of hydrogen-bond donors (Lipinski definition) is 2. The van der Waals surface area contributed by atoms with Crippen molar-refractivity contribution < 1.29 is 14.6 Å². The predicted octanol–water partition coefficient (Wildman–Crippen LogP) is 1.13. The molecule has 0 fully saturated rings. The van der Waals surface area contributed by atoms with Crippen LogP contribution in [0.1, 0.15) is 18.9 Å². The summed E-state index contributed by atoms with van der Waals surface area (Å²) in [5, 5.41) is 12.0. The van der Waals surface area contributed by atoms with Crippen LogP contribution < -0.4 is 5.32 Å². The van der Waals surface area contributed by atoms with Crippen LogP contribution in [0, 0.1) is 0 Å². The van der Waals surface area contributed by atoms with Gasteiger partial charge in [0.15, 0.2) is 0 Å². The molecule has 4 nitrogen and oxygen atoms in total. The summed E-state index contributed by atoms with van der Waals surface area (Å²) in [6.07, 6.45) is 1.51. The predicted molar refractivity (Wildman–Crippen MR) is 70.3 cm³/mol. The fraction of sp³-hybridized carbons (Fsp3) is 0.500. The Morgan fingerprint density at radius 3 is 2.72 bits per heavy atom. The molecule has 1 atom stereocenters. The summed E-state index contributed by atoms with van der Waals surface area (Å²) in [6.45, 7) is 2.55. The van der Waals surface area contributed by atoms with Crippen molar-refractivity contribution in [2.24, 2.45) is 0 Å². The number of nitrogens with one attached hydrogen (secondary N) is 1. The van der Waals surface area contributed by atoms with Crippen LogP contribution >= 0.6 is 0 Å². The van der Waals surface area contributed by atoms with Gasteiger partial charge in [-0.05, 0) is 18.4 Å². The van der Waals surface area contributed by atoms with Crippen molar-refractivity contribution in [3.8, 4) is 0 Å². The van der Waals surface area contributed by atoms with Gasteiger partial charge in [-0.25, -0.2) is 0 Å². The molecule has 0 saturated heterocycles. The lowest BCUT2D eigenvalue weighted by molar-refractivity contribution is -0.126. The van der Waals surface area contributed by atoms with Gasteiger partial charge in [0.1, 0.15) is 6.61 Å². The van der Waals surface area contributed by atoms with Gasteiger partial charge in [0.2, 0.25) is 5.91 Å². The van der Waals surface area contributed by atoms with E-state index in [9.17, 15) is 9.90 Å². The maximum Gasteiger partial charge on any atom is 0.246 e. The zero-order valence-electron chi connectivity index (χ0n) is 10.8. The molecule has 0 aliphatic carbocycles. The number of aliphatic hydroxyl groups excluding tert-OH is 1. The first-order chi connectivity index (χ1) is 8.76. The number of benzene rings is 1. The van der Waals surface area contributed by atoms with Gasteiger partial charge < -0.3 is 15.2 Å². The van der Waals surface area contributed by atoms with Gasteiger partial charge in [0.25, 0.3) is 0 Å². The minimum absolute atomic E-state index is 0.0547. The third-order valence-electron chi connectivity index (χ3n) is 2.49. The van der Waals surface area contributed by atoms with Crippen LogP contribution in [0.25, 0.3) is 0 Å². The van der Waals surface area contributed by atoms with E-state index < -0.39 is 0 Å². The van der Waals surface area contributed by atoms with Crippen molar-refractivity contribution in [1.29, 1.82) is 0 Å². The zero-order valence-corrected chi connectivity index (χ0v) is 10.8. The molecule has 1 rings (SSSR count). The monoisotopic (exact) mass is 251 g/mol. The first kappa shape index (κ1) is 14.7. The Labute approximate surface area is 108 Å². The Bertz CT molecular complexity index is 340. The first-order valence-electron chi connectivity index (χ1n) is 6.28. The quantitative estimate of drug-likeness (QED) is 0.681. The number of ether oxygens (including phenoxy) is 1. The van der Waals surface area contributed by atoms with E-state index in [4.69, 9.17) is 4.74 Å². The molecule has 100 valence electrons. The summed E-state index contributed by atoms with van der Waals surface area (Å²) in [4.78, 5) is 11.5. The molecule has 0 aromatic heterocycles. The van der Waals surface area contributed by atoms with E-state index in [1.165, 1.54) is 0 Å². The van der Waals surface area contributed by atoms with Gasteiger partial charge in [-0.1, -0.05) is 37.3 Å². The number of amides is 1. The molecule has 1 aromatic carbocycles. The molecule has 0 unspecified atom stereocenters. The van der Waals surface area contributed by atoms with E-state index in [0.29, 0.717) is 13.0 Å². The standard InChI is InChI=1S/C14H21NO3/c1-2-8-18-11-14(17)15-13(10-16)9-12-6-4-3-5-7-12/h3-7,13,16H,2,8-11H2,1H3,(H,15,17)/t13-/m1/s1. The molecule has 4 heteroatoms. The van der Waals surface area contributed by atoms with Gasteiger partial charge in [0, 0.05) is 6.61 Å². The Kier molecular flexibility index (Phi) is 7.06. The molecule has 0 spiro atoms. The van der Waals surface area contributed by atoms with E-state index in [0.717, 1.165) is 12.0 Å². The maximum absolute atomic E-state index is 11.5. The van der Waals surface area contributed by atoms with Crippen molar-refractivity contribution >= 4 is 5.91 Å². The smallest absolute Gasteiger partial charge is 0.246 e. The van der Waals surface area contributed by atoms with Crippen molar-refractivity contribution in [3.05, 3.63) is 35.9 Å². The molecule has 0 saturated carbocycles. The minimum atomic E-state index is -0.259. The van der Waals surface area contributed by atoms with Crippen LogP contribution in [0.3, 0.4) is 0 Å². The molecular formula is C14H21NO3. The van der Waals surface area contributed by atoms with Gasteiger partial charge >= 0.3 is 0 Å². The molecule has 0 aliphatic rings. The highest BCUT2D eigenvalue weighted by atomic mass is 16.5. The molecule has 2 N–H and O–H groups in total. The SMILES string of the molecule is CCCOCC(=O)N[C@@H](CO)Cc1ccccc1. The second-order valence-corrected chi connectivity index (χ2v) is 4.19. The van der Waals surface area contributed by atoms with E-state index in [1.807, 2.05) is 37.3 Å². The summed E-state index contributed by atoms with van der Waals surface area (Å²) in [5.41, 5.74) is 1.09. The minimum Gasteiger partial charge on any atom is -0.394 e. The average molecular weight is 251 g/mol. The lowest BCUT2D eigenvalue weighted by Crippen LogP contribution is -2.41. The van der Waals surface area contributed by atoms with E-state index >= 15 is 0 Å². The molecule has 0 radical (unpaired) electrons. The highest BCUT2D eigenvalue weighted by Gasteiger charge is 2.11. The second kappa shape index (κ2) is 8.66. The summed E-state index contributed by atoms with van der Waals surface area (Å²) < 4.78 is 5.15. The van der Waals surface area contributed by atoms with Crippen LogP contribution in [0.15, 0.2) is 30.3 Å². The number of rotatable bonds is 8. The summed E-state index contributed by atoms with van der Waals surface area (Å²) in [6, 6.07) is 9.51. The highest BCUT2D eigenvalue weighted by molar-refractivity contribution is 5.77. The number of carbonyl (C=O) groups excluding carboxylic acids is 1. The van der Waals surface area contributed by atoms with Gasteiger partial charge in [0.05, 0.1) is 12.6 Å². The van der Waals surface area contributed by atoms with Crippen molar-refractivity contribution in [2.45, 2.75) is 25.8 Å². The maximum atomic E-state index is 11.5. The average Bonchev–Trinajstić information content (AvgIpc) is 2.39. The lowest BCUT2D eigenvalue weighted by atomic mass is 10.1. The lowest BCUT2D eigenvalue weighted by Gasteiger charge is -2.16. The van der Waals surface area contributed by atoms with E-state index in [1.54, 1.807) is 0 Å². The molecule has 18 heavy (non-hydrogen) atoms. The zero-order chi connectivity index (χ0) is 13.2. The van der Waals surface area contributed by atoms with Crippen LogP contribution in [0.5, 0.6) is 0 Å². The van der Waals surface area contributed by atoms with Crippen LogP contribution in [0.4, 0.5) is 0 Å². The van der Waals surface area contributed by atoms with E-state index in [-0.39, 0.29) is 25.2 Å². The highest BCUT2D eigenvalue weighted by Crippen LogP contribution is 2.02. The molecule has 0 aliphatic heterocycles. The Morgan fingerprint density at radius 1 is 1.39 bits per heavy atom.